The van der Waals surface area contributed by atoms with E-state index in [0.29, 0.717) is 44.6 Å². The monoisotopic (exact) mass is 478 g/mol. The van der Waals surface area contributed by atoms with E-state index in [1.54, 1.807) is 6.07 Å². The zero-order chi connectivity index (χ0) is 24.6. The molecular weight excluding hydrogens is 436 g/mol. The maximum atomic E-state index is 13.6. The maximum absolute atomic E-state index is 13.6. The molecule has 0 saturated carbocycles. The molecule has 0 spiro atoms. The Morgan fingerprint density at radius 2 is 1.73 bits per heavy atom. The van der Waals surface area contributed by atoms with Gasteiger partial charge in [0.05, 0.1) is 0 Å². The van der Waals surface area contributed by atoms with Crippen molar-refractivity contribution >= 4 is 10.0 Å². The summed E-state index contributed by atoms with van der Waals surface area (Å²) >= 11 is 0. The molecule has 1 aliphatic rings. The fraction of sp³-hybridized carbons (Fsp3) is 0.615. The molecule has 1 aromatic carbocycles. The van der Waals surface area contributed by atoms with Gasteiger partial charge in [0.1, 0.15) is 16.4 Å². The first-order valence-corrected chi connectivity index (χ1v) is 13.6. The lowest BCUT2D eigenvalue weighted by Crippen LogP contribution is -2.47. The highest BCUT2D eigenvalue weighted by molar-refractivity contribution is 7.89. The van der Waals surface area contributed by atoms with Crippen LogP contribution in [0.25, 0.3) is 0 Å². The van der Waals surface area contributed by atoms with E-state index in [-0.39, 0.29) is 22.0 Å². The van der Waals surface area contributed by atoms with Gasteiger partial charge in [0, 0.05) is 31.7 Å². The van der Waals surface area contributed by atoms with Crippen molar-refractivity contribution < 1.29 is 18.6 Å². The molecule has 1 fully saturated rings. The molecular formula is C26H42N2O4S. The van der Waals surface area contributed by atoms with Gasteiger partial charge in [-0.25, -0.2) is 8.42 Å². The third-order valence-electron chi connectivity index (χ3n) is 6.27. The molecule has 1 aromatic rings. The predicted molar refractivity (Wildman–Crippen MR) is 135 cm³/mol. The Bertz CT molecular complexity index is 955. The molecule has 2 N–H and O–H groups in total. The molecule has 2 rings (SSSR count). The lowest BCUT2D eigenvalue weighted by Gasteiger charge is -2.32. The number of hydrogen-bond acceptors (Lipinski definition) is 5. The minimum absolute atomic E-state index is 0.0217. The van der Waals surface area contributed by atoms with Crippen molar-refractivity contribution in [3.63, 3.8) is 0 Å². The Morgan fingerprint density at radius 3 is 2.33 bits per heavy atom. The van der Waals surface area contributed by atoms with Gasteiger partial charge >= 0.3 is 0 Å². The first kappa shape index (κ1) is 27.4. The number of unbranched alkanes of at least 4 members (excludes halogenated alkanes) is 2. The summed E-state index contributed by atoms with van der Waals surface area (Å²) in [6.07, 6.45) is 9.54. The van der Waals surface area contributed by atoms with Crippen molar-refractivity contribution in [2.24, 2.45) is 0 Å². The van der Waals surface area contributed by atoms with E-state index in [0.717, 1.165) is 37.7 Å². The molecule has 0 amide bonds. The number of likely N-dealkylation sites (N-methyl/N-ethyl adjacent to an activating group) is 1. The Kier molecular flexibility index (Phi) is 10.5. The summed E-state index contributed by atoms with van der Waals surface area (Å²) in [7, 11) is -1.89. The van der Waals surface area contributed by atoms with Gasteiger partial charge in [-0.2, -0.15) is 4.31 Å². The van der Waals surface area contributed by atoms with E-state index in [9.17, 15) is 18.6 Å². The fourth-order valence-corrected chi connectivity index (χ4v) is 5.85. The van der Waals surface area contributed by atoms with Crippen LogP contribution in [0.4, 0.5) is 0 Å². The van der Waals surface area contributed by atoms with Crippen LogP contribution in [0.5, 0.6) is 11.5 Å². The lowest BCUT2D eigenvalue weighted by atomic mass is 10.00. The Morgan fingerprint density at radius 1 is 1.06 bits per heavy atom. The van der Waals surface area contributed by atoms with Crippen molar-refractivity contribution in [2.75, 3.05) is 33.2 Å². The number of aromatic hydroxyl groups is 2. The van der Waals surface area contributed by atoms with Gasteiger partial charge in [-0.1, -0.05) is 43.1 Å². The van der Waals surface area contributed by atoms with Crippen LogP contribution in [-0.4, -0.2) is 61.1 Å². The average molecular weight is 479 g/mol. The Hall–Kier alpha value is -1.83. The van der Waals surface area contributed by atoms with Crippen LogP contribution < -0.4 is 0 Å². The Balaban J connectivity index is 2.42. The number of nitrogens with zero attached hydrogens (tertiary/aromatic N) is 2. The molecule has 0 aromatic heterocycles. The fourth-order valence-electron chi connectivity index (χ4n) is 4.09. The molecule has 0 bridgehead atoms. The molecule has 0 radical (unpaired) electrons. The summed E-state index contributed by atoms with van der Waals surface area (Å²) in [4.78, 5) is 2.07. The number of aryl methyl sites for hydroxylation is 1. The smallest absolute Gasteiger partial charge is 0.247 e. The normalized spacial score (nSPS) is 16.2. The van der Waals surface area contributed by atoms with Crippen molar-refractivity contribution in [3.05, 3.63) is 40.5 Å². The Labute approximate surface area is 200 Å². The minimum atomic E-state index is -3.87. The molecule has 1 saturated heterocycles. The summed E-state index contributed by atoms with van der Waals surface area (Å²) in [6.45, 7) is 10.4. The van der Waals surface area contributed by atoms with Gasteiger partial charge in [-0.3, -0.25) is 0 Å². The van der Waals surface area contributed by atoms with Gasteiger partial charge < -0.3 is 15.1 Å². The van der Waals surface area contributed by atoms with E-state index >= 15 is 0 Å². The highest BCUT2D eigenvalue weighted by Gasteiger charge is 2.33. The van der Waals surface area contributed by atoms with E-state index < -0.39 is 10.0 Å². The van der Waals surface area contributed by atoms with Crippen LogP contribution in [0.15, 0.2) is 34.3 Å². The average Bonchev–Trinajstić information content (AvgIpc) is 2.73. The molecule has 33 heavy (non-hydrogen) atoms. The highest BCUT2D eigenvalue weighted by Crippen LogP contribution is 2.39. The van der Waals surface area contributed by atoms with Gasteiger partial charge in [-0.15, -0.1) is 0 Å². The van der Waals surface area contributed by atoms with Crippen LogP contribution in [0, 0.1) is 0 Å². The number of benzene rings is 1. The van der Waals surface area contributed by atoms with Gasteiger partial charge in [0.25, 0.3) is 0 Å². The molecule has 0 aliphatic carbocycles. The number of hydrogen-bond donors (Lipinski definition) is 2. The standard InChI is InChI=1S/C26H42N2O4S/c1-6-7-8-12-22-19-24(29)23(14-13-21(4)11-9-10-20(2)3)25(30)26(22)33(31,32)28-17-15-27(5)16-18-28/h10,13,19,29-30H,6-9,11-12,14-18H2,1-5H3. The molecule has 6 nitrogen and oxygen atoms in total. The van der Waals surface area contributed by atoms with E-state index in [4.69, 9.17) is 0 Å². The second-order valence-corrected chi connectivity index (χ2v) is 11.3. The third-order valence-corrected chi connectivity index (χ3v) is 8.28. The summed E-state index contributed by atoms with van der Waals surface area (Å²) in [5.74, 6) is -0.335. The number of phenols is 2. The summed E-state index contributed by atoms with van der Waals surface area (Å²) in [5, 5.41) is 21.9. The number of piperazine rings is 1. The lowest BCUT2D eigenvalue weighted by molar-refractivity contribution is 0.222. The van der Waals surface area contributed by atoms with Gasteiger partial charge in [0.15, 0.2) is 0 Å². The minimum Gasteiger partial charge on any atom is -0.508 e. The number of rotatable bonds is 11. The highest BCUT2D eigenvalue weighted by atomic mass is 32.2. The van der Waals surface area contributed by atoms with Crippen molar-refractivity contribution in [2.45, 2.75) is 77.5 Å². The third kappa shape index (κ3) is 7.59. The first-order valence-electron chi connectivity index (χ1n) is 12.1. The second-order valence-electron chi connectivity index (χ2n) is 9.45. The zero-order valence-corrected chi connectivity index (χ0v) is 21.8. The molecule has 0 unspecified atom stereocenters. The molecule has 7 heteroatoms. The van der Waals surface area contributed by atoms with Crippen LogP contribution in [0.2, 0.25) is 0 Å². The first-order chi connectivity index (χ1) is 15.6. The molecule has 186 valence electrons. The van der Waals surface area contributed by atoms with Crippen LogP contribution >= 0.6 is 0 Å². The van der Waals surface area contributed by atoms with E-state index in [1.807, 2.05) is 20.0 Å². The molecule has 1 heterocycles. The largest absolute Gasteiger partial charge is 0.508 e. The SMILES string of the molecule is CCCCCc1cc(O)c(CC=C(C)CCC=C(C)C)c(O)c1S(=O)(=O)N1CCN(C)CC1. The van der Waals surface area contributed by atoms with Crippen molar-refractivity contribution in [1.82, 2.24) is 9.21 Å². The van der Waals surface area contributed by atoms with Gasteiger partial charge in [0.2, 0.25) is 10.0 Å². The van der Waals surface area contributed by atoms with Gasteiger partial charge in [-0.05, 0) is 71.6 Å². The molecule has 0 atom stereocenters. The van der Waals surface area contributed by atoms with Crippen LogP contribution in [0.1, 0.15) is 70.9 Å². The summed E-state index contributed by atoms with van der Waals surface area (Å²) in [5.41, 5.74) is 3.20. The van der Waals surface area contributed by atoms with Crippen molar-refractivity contribution in [3.8, 4) is 11.5 Å². The summed E-state index contributed by atoms with van der Waals surface area (Å²) in [6, 6.07) is 1.56. The number of phenolic OH excluding ortho intramolecular Hbond substituents is 2. The van der Waals surface area contributed by atoms with E-state index in [1.165, 1.54) is 9.88 Å². The van der Waals surface area contributed by atoms with E-state index in [2.05, 4.69) is 31.7 Å². The van der Waals surface area contributed by atoms with Crippen LogP contribution in [0.3, 0.4) is 0 Å². The predicted octanol–water partition coefficient (Wildman–Crippen LogP) is 5.00. The quantitative estimate of drug-likeness (QED) is 0.345. The second kappa shape index (κ2) is 12.6. The molecule has 1 aliphatic heterocycles. The number of allylic oxidation sites excluding steroid dienone is 4. The summed E-state index contributed by atoms with van der Waals surface area (Å²) < 4.78 is 28.7. The van der Waals surface area contributed by atoms with Crippen molar-refractivity contribution in [1.29, 1.82) is 0 Å². The maximum Gasteiger partial charge on any atom is 0.247 e. The topological polar surface area (TPSA) is 81.1 Å². The number of sulfonamides is 1. The van der Waals surface area contributed by atoms with Crippen LogP contribution in [-0.2, 0) is 22.9 Å². The zero-order valence-electron chi connectivity index (χ0n) is 21.0.